The molecule has 2 rings (SSSR count). The van der Waals surface area contributed by atoms with Crippen molar-refractivity contribution in [3.8, 4) is 0 Å². The third-order valence-electron chi connectivity index (χ3n) is 2.87. The molecule has 0 atom stereocenters. The predicted octanol–water partition coefficient (Wildman–Crippen LogP) is 2.34. The molecular formula is C12H21N5. The number of fused-ring (bicyclic) bond motifs is 1. The van der Waals surface area contributed by atoms with E-state index < -0.39 is 0 Å². The van der Waals surface area contributed by atoms with Gasteiger partial charge in [0.15, 0.2) is 5.65 Å². The number of anilines is 1. The molecule has 0 saturated heterocycles. The molecule has 0 spiro atoms. The minimum atomic E-state index is 0.571. The van der Waals surface area contributed by atoms with Crippen LogP contribution >= 0.6 is 0 Å². The molecule has 0 unspecified atom stereocenters. The highest BCUT2D eigenvalue weighted by Crippen LogP contribution is 2.24. The van der Waals surface area contributed by atoms with Gasteiger partial charge in [-0.15, -0.1) is 0 Å². The lowest BCUT2D eigenvalue weighted by Gasteiger charge is -2.02. The van der Waals surface area contributed by atoms with Gasteiger partial charge in [0, 0.05) is 6.54 Å². The van der Waals surface area contributed by atoms with Gasteiger partial charge in [-0.25, -0.2) is 4.68 Å². The van der Waals surface area contributed by atoms with Crippen LogP contribution in [0.2, 0.25) is 0 Å². The van der Waals surface area contributed by atoms with Gasteiger partial charge in [-0.05, 0) is 18.8 Å². The number of aromatic nitrogens is 4. The monoisotopic (exact) mass is 235 g/mol. The van der Waals surface area contributed by atoms with Crippen LogP contribution in [0.1, 0.15) is 39.3 Å². The molecule has 94 valence electrons. The van der Waals surface area contributed by atoms with Gasteiger partial charge in [0.05, 0.1) is 11.1 Å². The average Bonchev–Trinajstić information content (AvgIpc) is 2.78. The maximum Gasteiger partial charge on any atom is 0.182 e. The highest BCUT2D eigenvalue weighted by Gasteiger charge is 2.16. The molecule has 2 aromatic heterocycles. The molecule has 0 fully saturated rings. The van der Waals surface area contributed by atoms with E-state index in [1.165, 1.54) is 0 Å². The Labute approximate surface area is 101 Å². The van der Waals surface area contributed by atoms with E-state index in [2.05, 4.69) is 36.1 Å². The summed E-state index contributed by atoms with van der Waals surface area (Å²) < 4.78 is 1.98. The molecule has 0 saturated carbocycles. The molecule has 2 heterocycles. The molecule has 0 bridgehead atoms. The second kappa shape index (κ2) is 4.77. The molecule has 0 amide bonds. The van der Waals surface area contributed by atoms with Crippen molar-refractivity contribution in [3.63, 3.8) is 0 Å². The maximum atomic E-state index is 5.92. The Bertz CT molecular complexity index is 494. The van der Waals surface area contributed by atoms with Crippen molar-refractivity contribution in [2.45, 2.75) is 46.6 Å². The lowest BCUT2D eigenvalue weighted by molar-refractivity contribution is 0.561. The summed E-state index contributed by atoms with van der Waals surface area (Å²) in [6, 6.07) is 0. The fraction of sp³-hybridized carbons (Fsp3) is 0.667. The number of rotatable bonds is 5. The van der Waals surface area contributed by atoms with Crippen molar-refractivity contribution in [2.24, 2.45) is 5.92 Å². The molecule has 2 aromatic rings. The number of nitrogens with zero attached hydrogens (tertiary/aromatic N) is 3. The van der Waals surface area contributed by atoms with Gasteiger partial charge in [-0.2, -0.15) is 10.2 Å². The van der Waals surface area contributed by atoms with E-state index in [0.717, 1.165) is 42.5 Å². The normalized spacial score (nSPS) is 11.8. The molecule has 0 radical (unpaired) electrons. The van der Waals surface area contributed by atoms with Gasteiger partial charge < -0.3 is 5.73 Å². The first-order valence-corrected chi connectivity index (χ1v) is 6.32. The zero-order valence-electron chi connectivity index (χ0n) is 10.8. The number of aryl methyl sites for hydroxylation is 1. The second-order valence-corrected chi connectivity index (χ2v) is 4.96. The van der Waals surface area contributed by atoms with Gasteiger partial charge in [0.25, 0.3) is 0 Å². The summed E-state index contributed by atoms with van der Waals surface area (Å²) in [4.78, 5) is 0. The van der Waals surface area contributed by atoms with Crippen LogP contribution in [0.15, 0.2) is 0 Å². The first kappa shape index (κ1) is 12.0. The third kappa shape index (κ3) is 2.28. The summed E-state index contributed by atoms with van der Waals surface area (Å²) in [5.41, 5.74) is 7.89. The lowest BCUT2D eigenvalue weighted by atomic mass is 10.1. The number of hydrogen-bond donors (Lipinski definition) is 2. The van der Waals surface area contributed by atoms with Gasteiger partial charge in [0.1, 0.15) is 5.82 Å². The van der Waals surface area contributed by atoms with E-state index in [9.17, 15) is 0 Å². The molecule has 0 aliphatic heterocycles. The van der Waals surface area contributed by atoms with Crippen molar-refractivity contribution >= 4 is 16.9 Å². The molecule has 0 aliphatic rings. The van der Waals surface area contributed by atoms with E-state index in [0.29, 0.717) is 11.7 Å². The minimum absolute atomic E-state index is 0.571. The Hall–Kier alpha value is -1.52. The Morgan fingerprint density at radius 3 is 2.82 bits per heavy atom. The molecule has 5 heteroatoms. The SMILES string of the molecule is CCCCn1nc(CC(C)C)c2c(N)[nH]nc21. The summed E-state index contributed by atoms with van der Waals surface area (Å²) in [7, 11) is 0. The van der Waals surface area contributed by atoms with Crippen molar-refractivity contribution in [1.82, 2.24) is 20.0 Å². The van der Waals surface area contributed by atoms with Crippen molar-refractivity contribution < 1.29 is 0 Å². The number of nitrogen functional groups attached to an aromatic ring is 1. The first-order valence-electron chi connectivity index (χ1n) is 6.32. The molecule has 3 N–H and O–H groups in total. The quantitative estimate of drug-likeness (QED) is 0.835. The van der Waals surface area contributed by atoms with Crippen LogP contribution in [0.25, 0.3) is 11.0 Å². The van der Waals surface area contributed by atoms with Crippen molar-refractivity contribution in [1.29, 1.82) is 0 Å². The van der Waals surface area contributed by atoms with Crippen LogP contribution in [-0.4, -0.2) is 20.0 Å². The zero-order valence-corrected chi connectivity index (χ0v) is 10.8. The fourth-order valence-corrected chi connectivity index (χ4v) is 2.05. The first-order chi connectivity index (χ1) is 8.13. The van der Waals surface area contributed by atoms with Gasteiger partial charge in [-0.1, -0.05) is 27.2 Å². The highest BCUT2D eigenvalue weighted by molar-refractivity contribution is 5.88. The van der Waals surface area contributed by atoms with Crippen LogP contribution in [0, 0.1) is 5.92 Å². The second-order valence-electron chi connectivity index (χ2n) is 4.96. The summed E-state index contributed by atoms with van der Waals surface area (Å²) in [5, 5.41) is 12.8. The Kier molecular flexibility index (Phi) is 3.36. The number of unbranched alkanes of at least 4 members (excludes halogenated alkanes) is 1. The Morgan fingerprint density at radius 1 is 1.41 bits per heavy atom. The largest absolute Gasteiger partial charge is 0.383 e. The van der Waals surface area contributed by atoms with Crippen LogP contribution in [0.3, 0.4) is 0 Å². The zero-order chi connectivity index (χ0) is 12.4. The number of nitrogens with two attached hydrogens (primary N) is 1. The van der Waals surface area contributed by atoms with Crippen LogP contribution < -0.4 is 5.73 Å². The third-order valence-corrected chi connectivity index (χ3v) is 2.87. The van der Waals surface area contributed by atoms with Crippen molar-refractivity contribution in [2.75, 3.05) is 5.73 Å². The van der Waals surface area contributed by atoms with Gasteiger partial charge in [0.2, 0.25) is 0 Å². The molecule has 0 aliphatic carbocycles. The summed E-state index contributed by atoms with van der Waals surface area (Å²) in [6.45, 7) is 7.46. The fourth-order valence-electron chi connectivity index (χ4n) is 2.05. The average molecular weight is 235 g/mol. The van der Waals surface area contributed by atoms with Gasteiger partial charge >= 0.3 is 0 Å². The van der Waals surface area contributed by atoms with E-state index in [1.807, 2.05) is 4.68 Å². The van der Waals surface area contributed by atoms with E-state index in [1.54, 1.807) is 0 Å². The summed E-state index contributed by atoms with van der Waals surface area (Å²) >= 11 is 0. The number of aromatic amines is 1. The van der Waals surface area contributed by atoms with Crippen LogP contribution in [0.5, 0.6) is 0 Å². The molecule has 0 aromatic carbocycles. The number of hydrogen-bond acceptors (Lipinski definition) is 3. The smallest absolute Gasteiger partial charge is 0.182 e. The molecule has 17 heavy (non-hydrogen) atoms. The van der Waals surface area contributed by atoms with E-state index in [-0.39, 0.29) is 0 Å². The van der Waals surface area contributed by atoms with Crippen LogP contribution in [0.4, 0.5) is 5.82 Å². The minimum Gasteiger partial charge on any atom is -0.383 e. The van der Waals surface area contributed by atoms with Crippen molar-refractivity contribution in [3.05, 3.63) is 5.69 Å². The van der Waals surface area contributed by atoms with E-state index in [4.69, 9.17) is 5.73 Å². The topological polar surface area (TPSA) is 72.5 Å². The molecule has 5 nitrogen and oxygen atoms in total. The van der Waals surface area contributed by atoms with Crippen LogP contribution in [-0.2, 0) is 13.0 Å². The maximum absolute atomic E-state index is 5.92. The number of nitrogens with one attached hydrogen (secondary N) is 1. The molecular weight excluding hydrogens is 214 g/mol. The predicted molar refractivity (Wildman–Crippen MR) is 69.7 cm³/mol. The van der Waals surface area contributed by atoms with Gasteiger partial charge in [-0.3, -0.25) is 5.10 Å². The summed E-state index contributed by atoms with van der Waals surface area (Å²) in [6.07, 6.45) is 3.21. The highest BCUT2D eigenvalue weighted by atomic mass is 15.3. The Balaban J connectivity index is 2.40. The standard InChI is InChI=1S/C12H21N5/c1-4-5-6-17-12-10(11(13)14-15-12)9(16-17)7-8(2)3/h8H,4-7H2,1-3H3,(H3,13,14,15). The number of H-pyrrole nitrogens is 1. The lowest BCUT2D eigenvalue weighted by Crippen LogP contribution is -2.03. The Morgan fingerprint density at radius 2 is 2.18 bits per heavy atom. The summed E-state index contributed by atoms with van der Waals surface area (Å²) in [5.74, 6) is 1.21. The van der Waals surface area contributed by atoms with E-state index >= 15 is 0 Å².